The molecule has 2 aromatic rings. The van der Waals surface area contributed by atoms with Gasteiger partial charge in [0.05, 0.1) is 31.5 Å². The van der Waals surface area contributed by atoms with Crippen molar-refractivity contribution in [3.63, 3.8) is 0 Å². The highest BCUT2D eigenvalue weighted by Crippen LogP contribution is 2.35. The quantitative estimate of drug-likeness (QED) is 0.578. The Morgan fingerprint density at radius 1 is 1.30 bits per heavy atom. The number of allylic oxidation sites excluding steroid dienone is 1. The summed E-state index contributed by atoms with van der Waals surface area (Å²) in [7, 11) is 3.12. The molecule has 1 aliphatic heterocycles. The van der Waals surface area contributed by atoms with Gasteiger partial charge in [0.2, 0.25) is 0 Å². The number of nitrogens with one attached hydrogen (secondary N) is 3. The Morgan fingerprint density at radius 3 is 2.70 bits per heavy atom. The van der Waals surface area contributed by atoms with Gasteiger partial charge in [-0.05, 0) is 53.3 Å². The van der Waals surface area contributed by atoms with Crippen LogP contribution in [0, 0.1) is 0 Å². The lowest BCUT2D eigenvalue weighted by molar-refractivity contribution is -0.113. The zero-order chi connectivity index (χ0) is 19.6. The summed E-state index contributed by atoms with van der Waals surface area (Å²) in [5.41, 5.74) is 1.79. The second kappa shape index (κ2) is 8.28. The van der Waals surface area contributed by atoms with Crippen molar-refractivity contribution in [1.29, 1.82) is 0 Å². The van der Waals surface area contributed by atoms with Gasteiger partial charge < -0.3 is 25.4 Å². The summed E-state index contributed by atoms with van der Waals surface area (Å²) >= 11 is 10.3. The lowest BCUT2D eigenvalue weighted by Gasteiger charge is -2.29. The largest absolute Gasteiger partial charge is 0.497 e. The Kier molecular flexibility index (Phi) is 6.03. The number of carbonyl (C=O) groups excluding carboxylic acids is 1. The molecule has 0 bridgehead atoms. The third-order valence-electron chi connectivity index (χ3n) is 4.04. The molecule has 142 valence electrons. The maximum absolute atomic E-state index is 13.1. The van der Waals surface area contributed by atoms with Gasteiger partial charge in [0, 0.05) is 26.5 Å². The Morgan fingerprint density at radius 2 is 2.07 bits per heavy atom. The molecular formula is C18H18BrN3O3S2. The third-order valence-corrected chi connectivity index (χ3v) is 6.02. The second-order valence-electron chi connectivity index (χ2n) is 5.76. The maximum Gasteiger partial charge on any atom is 0.255 e. The van der Waals surface area contributed by atoms with Crippen LogP contribution >= 0.6 is 39.5 Å². The van der Waals surface area contributed by atoms with E-state index in [0.29, 0.717) is 33.6 Å². The van der Waals surface area contributed by atoms with Crippen molar-refractivity contribution >= 4 is 56.2 Å². The first kappa shape index (κ1) is 19.7. The molecule has 0 fully saturated rings. The summed E-state index contributed by atoms with van der Waals surface area (Å²) in [4.78, 5) is 14.1. The zero-order valence-corrected chi connectivity index (χ0v) is 18.1. The van der Waals surface area contributed by atoms with Crippen LogP contribution in [0.1, 0.15) is 17.8 Å². The van der Waals surface area contributed by atoms with E-state index in [-0.39, 0.29) is 11.9 Å². The van der Waals surface area contributed by atoms with Gasteiger partial charge in [0.15, 0.2) is 5.11 Å². The fraction of sp³-hybridized carbons (Fsp3) is 0.222. The number of halogens is 1. The van der Waals surface area contributed by atoms with Crippen LogP contribution in [0.2, 0.25) is 0 Å². The number of thiophene rings is 1. The number of hydrogen-bond donors (Lipinski definition) is 3. The van der Waals surface area contributed by atoms with Crippen molar-refractivity contribution < 1.29 is 14.3 Å². The zero-order valence-electron chi connectivity index (χ0n) is 14.9. The minimum absolute atomic E-state index is 0.254. The van der Waals surface area contributed by atoms with Crippen molar-refractivity contribution in [1.82, 2.24) is 10.6 Å². The molecule has 1 aliphatic rings. The molecule has 1 aromatic carbocycles. The van der Waals surface area contributed by atoms with Crippen molar-refractivity contribution in [2.24, 2.45) is 0 Å². The van der Waals surface area contributed by atoms with Gasteiger partial charge >= 0.3 is 0 Å². The van der Waals surface area contributed by atoms with E-state index in [2.05, 4.69) is 31.9 Å². The molecule has 2 heterocycles. The van der Waals surface area contributed by atoms with Crippen LogP contribution in [0.5, 0.6) is 11.5 Å². The molecule has 3 N–H and O–H groups in total. The third kappa shape index (κ3) is 4.26. The Labute approximate surface area is 175 Å². The molecule has 1 unspecified atom stereocenters. The first-order valence-corrected chi connectivity index (χ1v) is 10.1. The molecule has 1 aromatic heterocycles. The van der Waals surface area contributed by atoms with E-state index in [0.717, 1.165) is 9.35 Å². The molecule has 0 spiro atoms. The predicted molar refractivity (Wildman–Crippen MR) is 115 cm³/mol. The summed E-state index contributed by atoms with van der Waals surface area (Å²) in [6.45, 7) is 1.83. The van der Waals surface area contributed by atoms with E-state index in [1.807, 2.05) is 18.4 Å². The molecule has 3 rings (SSSR count). The average molecular weight is 468 g/mol. The molecule has 9 heteroatoms. The molecular weight excluding hydrogens is 450 g/mol. The van der Waals surface area contributed by atoms with Gasteiger partial charge in [0.1, 0.15) is 11.5 Å². The SMILES string of the molecule is COc1ccc(OC)c(NC(=O)C2=C(C)NC(=S)NC2c2cc(Br)cs2)c1. The monoisotopic (exact) mass is 467 g/mol. The van der Waals surface area contributed by atoms with Crippen molar-refractivity contribution in [3.8, 4) is 11.5 Å². The van der Waals surface area contributed by atoms with Gasteiger partial charge in [-0.15, -0.1) is 11.3 Å². The van der Waals surface area contributed by atoms with E-state index in [1.165, 1.54) is 0 Å². The molecule has 0 aliphatic carbocycles. The first-order valence-electron chi connectivity index (χ1n) is 7.98. The summed E-state index contributed by atoms with van der Waals surface area (Å²) in [6, 6.07) is 6.87. The average Bonchev–Trinajstić information content (AvgIpc) is 3.07. The van der Waals surface area contributed by atoms with E-state index in [4.69, 9.17) is 21.7 Å². The predicted octanol–water partition coefficient (Wildman–Crippen LogP) is 3.96. The normalized spacial score (nSPS) is 16.4. The van der Waals surface area contributed by atoms with E-state index < -0.39 is 0 Å². The van der Waals surface area contributed by atoms with Crippen molar-refractivity contribution in [2.45, 2.75) is 13.0 Å². The number of thiocarbonyl (C=S) groups is 1. The van der Waals surface area contributed by atoms with Gasteiger partial charge in [0.25, 0.3) is 5.91 Å². The van der Waals surface area contributed by atoms with E-state index >= 15 is 0 Å². The number of ether oxygens (including phenoxy) is 2. The summed E-state index contributed by atoms with van der Waals surface area (Å²) in [6.07, 6.45) is 0. The van der Waals surface area contributed by atoms with Crippen molar-refractivity contribution in [2.75, 3.05) is 19.5 Å². The fourth-order valence-corrected chi connectivity index (χ4v) is 4.56. The highest BCUT2D eigenvalue weighted by Gasteiger charge is 2.31. The van der Waals surface area contributed by atoms with E-state index in [9.17, 15) is 4.79 Å². The van der Waals surface area contributed by atoms with Crippen molar-refractivity contribution in [3.05, 3.63) is 50.3 Å². The van der Waals surface area contributed by atoms with E-state index in [1.54, 1.807) is 43.8 Å². The number of anilines is 1. The molecule has 6 nitrogen and oxygen atoms in total. The molecule has 27 heavy (non-hydrogen) atoms. The van der Waals surface area contributed by atoms with Crippen LogP contribution in [-0.2, 0) is 4.79 Å². The number of hydrogen-bond acceptors (Lipinski definition) is 5. The molecule has 1 atom stereocenters. The van der Waals surface area contributed by atoms with Crippen LogP contribution in [-0.4, -0.2) is 25.2 Å². The minimum atomic E-state index is -0.341. The Balaban J connectivity index is 1.96. The lowest BCUT2D eigenvalue weighted by atomic mass is 10.0. The Bertz CT molecular complexity index is 926. The number of methoxy groups -OCH3 is 2. The number of amides is 1. The minimum Gasteiger partial charge on any atom is -0.497 e. The number of carbonyl (C=O) groups is 1. The smallest absolute Gasteiger partial charge is 0.255 e. The summed E-state index contributed by atoms with van der Waals surface area (Å²) < 4.78 is 11.6. The van der Waals surface area contributed by atoms with Gasteiger partial charge in [-0.1, -0.05) is 0 Å². The van der Waals surface area contributed by atoms with Crippen LogP contribution in [0.15, 0.2) is 45.4 Å². The molecule has 0 saturated heterocycles. The van der Waals surface area contributed by atoms with Gasteiger partial charge in [-0.25, -0.2) is 0 Å². The van der Waals surface area contributed by atoms with Crippen LogP contribution in [0.25, 0.3) is 0 Å². The summed E-state index contributed by atoms with van der Waals surface area (Å²) in [5.74, 6) is 0.915. The van der Waals surface area contributed by atoms with Gasteiger partial charge in [-0.2, -0.15) is 0 Å². The highest BCUT2D eigenvalue weighted by molar-refractivity contribution is 9.10. The highest BCUT2D eigenvalue weighted by atomic mass is 79.9. The summed E-state index contributed by atoms with van der Waals surface area (Å²) in [5, 5.41) is 11.6. The second-order valence-corrected chi connectivity index (χ2v) is 8.02. The maximum atomic E-state index is 13.1. The number of benzene rings is 1. The lowest BCUT2D eigenvalue weighted by Crippen LogP contribution is -2.45. The standard InChI is InChI=1S/C18H18BrN3O3S2/c1-9-15(16(22-18(26)20-9)14-6-10(19)8-27-14)17(23)21-12-7-11(24-2)4-5-13(12)25-3/h4-8,16H,1-3H3,(H,21,23)(H2,20,22,26). The topological polar surface area (TPSA) is 71.6 Å². The van der Waals surface area contributed by atoms with Crippen LogP contribution < -0.4 is 25.4 Å². The molecule has 1 amide bonds. The first-order chi connectivity index (χ1) is 12.9. The van der Waals surface area contributed by atoms with Crippen LogP contribution in [0.4, 0.5) is 5.69 Å². The van der Waals surface area contributed by atoms with Gasteiger partial charge in [-0.3, -0.25) is 4.79 Å². The fourth-order valence-electron chi connectivity index (χ4n) is 2.79. The molecule has 0 radical (unpaired) electrons. The Hall–Kier alpha value is -2.10. The number of rotatable bonds is 5. The van der Waals surface area contributed by atoms with Crippen LogP contribution in [0.3, 0.4) is 0 Å². The molecule has 0 saturated carbocycles.